The van der Waals surface area contributed by atoms with Gasteiger partial charge in [0.15, 0.2) is 6.04 Å². The number of hydrogen-bond donors (Lipinski definition) is 2. The molecule has 0 aliphatic carbocycles. The van der Waals surface area contributed by atoms with Crippen LogP contribution >= 0.6 is 11.3 Å². The standard InChI is InChI=1S/C14H18N2O4S/c17-12(7-9-8-20-5-3-15-9)16-4-1-11-10(2-6-21-11)13(16)14(18)19/h2,6,9,13,15H,1,3-5,7-8H2,(H,18,19). The predicted octanol–water partition coefficient (Wildman–Crippen LogP) is 0.637. The number of nitrogens with one attached hydrogen (secondary N) is 1. The van der Waals surface area contributed by atoms with Gasteiger partial charge >= 0.3 is 5.97 Å². The second-order valence-electron chi connectivity index (χ2n) is 5.31. The lowest BCUT2D eigenvalue weighted by Gasteiger charge is -2.34. The number of thiophene rings is 1. The molecule has 3 rings (SSSR count). The van der Waals surface area contributed by atoms with Crippen LogP contribution in [0.2, 0.25) is 0 Å². The van der Waals surface area contributed by atoms with Crippen molar-refractivity contribution in [2.45, 2.75) is 24.9 Å². The number of ether oxygens (including phenoxy) is 1. The summed E-state index contributed by atoms with van der Waals surface area (Å²) in [5.41, 5.74) is 0.764. The second kappa shape index (κ2) is 6.13. The fraction of sp³-hybridized carbons (Fsp3) is 0.571. The van der Waals surface area contributed by atoms with E-state index < -0.39 is 12.0 Å². The molecule has 0 spiro atoms. The number of fused-ring (bicyclic) bond motifs is 1. The number of morpholine rings is 1. The van der Waals surface area contributed by atoms with E-state index in [1.54, 1.807) is 11.3 Å². The van der Waals surface area contributed by atoms with E-state index in [4.69, 9.17) is 4.74 Å². The van der Waals surface area contributed by atoms with Crippen LogP contribution in [-0.4, -0.2) is 54.2 Å². The molecule has 0 bridgehead atoms. The molecule has 0 aromatic carbocycles. The smallest absolute Gasteiger partial charge is 0.331 e. The van der Waals surface area contributed by atoms with Gasteiger partial charge in [-0.3, -0.25) is 4.79 Å². The molecule has 1 fully saturated rings. The molecule has 1 amide bonds. The molecule has 2 N–H and O–H groups in total. The zero-order chi connectivity index (χ0) is 14.8. The van der Waals surface area contributed by atoms with Gasteiger partial charge in [-0.2, -0.15) is 0 Å². The van der Waals surface area contributed by atoms with Crippen molar-refractivity contribution in [2.75, 3.05) is 26.3 Å². The first kappa shape index (κ1) is 14.5. The highest BCUT2D eigenvalue weighted by molar-refractivity contribution is 7.10. The van der Waals surface area contributed by atoms with Crippen molar-refractivity contribution in [3.8, 4) is 0 Å². The van der Waals surface area contributed by atoms with E-state index in [0.29, 0.717) is 19.8 Å². The van der Waals surface area contributed by atoms with Crippen molar-refractivity contribution < 1.29 is 19.4 Å². The Hall–Kier alpha value is -1.44. The Morgan fingerprint density at radius 1 is 1.52 bits per heavy atom. The molecule has 2 aliphatic heterocycles. The summed E-state index contributed by atoms with van der Waals surface area (Å²) in [6.45, 7) is 2.36. The van der Waals surface area contributed by atoms with Crippen molar-refractivity contribution in [3.63, 3.8) is 0 Å². The lowest BCUT2D eigenvalue weighted by Crippen LogP contribution is -2.48. The molecule has 2 unspecified atom stereocenters. The minimum Gasteiger partial charge on any atom is -0.479 e. The molecular weight excluding hydrogens is 292 g/mol. The summed E-state index contributed by atoms with van der Waals surface area (Å²) in [5, 5.41) is 14.6. The van der Waals surface area contributed by atoms with E-state index in [0.717, 1.165) is 23.4 Å². The first-order valence-corrected chi connectivity index (χ1v) is 7.94. The summed E-state index contributed by atoms with van der Waals surface area (Å²) < 4.78 is 5.34. The SMILES string of the molecule is O=C(O)C1c2ccsc2CCN1C(=O)CC1COCCN1. The summed E-state index contributed by atoms with van der Waals surface area (Å²) in [6, 6.07) is 0.946. The normalized spacial score (nSPS) is 25.4. The number of carbonyl (C=O) groups excluding carboxylic acids is 1. The van der Waals surface area contributed by atoms with Crippen LogP contribution in [0, 0.1) is 0 Å². The molecule has 6 nitrogen and oxygen atoms in total. The number of carbonyl (C=O) groups is 2. The third kappa shape index (κ3) is 2.95. The van der Waals surface area contributed by atoms with Crippen molar-refractivity contribution >= 4 is 23.2 Å². The zero-order valence-electron chi connectivity index (χ0n) is 11.6. The lowest BCUT2D eigenvalue weighted by atomic mass is 9.99. The summed E-state index contributed by atoms with van der Waals surface area (Å²) in [6.07, 6.45) is 1.01. The van der Waals surface area contributed by atoms with Crippen LogP contribution in [0.5, 0.6) is 0 Å². The highest BCUT2D eigenvalue weighted by Gasteiger charge is 2.37. The van der Waals surface area contributed by atoms with Crippen molar-refractivity contribution in [3.05, 3.63) is 21.9 Å². The Morgan fingerprint density at radius 3 is 3.10 bits per heavy atom. The Kier molecular flexibility index (Phi) is 4.23. The van der Waals surface area contributed by atoms with E-state index in [2.05, 4.69) is 5.32 Å². The molecule has 2 aliphatic rings. The Labute approximate surface area is 126 Å². The summed E-state index contributed by atoms with van der Waals surface area (Å²) in [4.78, 5) is 26.6. The summed E-state index contributed by atoms with van der Waals surface area (Å²) >= 11 is 1.56. The number of aliphatic carboxylic acids is 1. The van der Waals surface area contributed by atoms with Crippen molar-refractivity contribution in [1.82, 2.24) is 10.2 Å². The van der Waals surface area contributed by atoms with Gasteiger partial charge in [0, 0.05) is 30.4 Å². The van der Waals surface area contributed by atoms with Crippen LogP contribution < -0.4 is 5.32 Å². The van der Waals surface area contributed by atoms with Crippen LogP contribution in [0.4, 0.5) is 0 Å². The molecule has 7 heteroatoms. The first-order valence-electron chi connectivity index (χ1n) is 7.06. The van der Waals surface area contributed by atoms with Crippen molar-refractivity contribution in [2.24, 2.45) is 0 Å². The van der Waals surface area contributed by atoms with Crippen LogP contribution in [0.3, 0.4) is 0 Å². The monoisotopic (exact) mass is 310 g/mol. The molecule has 1 aromatic rings. The molecule has 114 valence electrons. The average Bonchev–Trinajstić information content (AvgIpc) is 2.95. The topological polar surface area (TPSA) is 78.9 Å². The van der Waals surface area contributed by atoms with E-state index in [1.807, 2.05) is 11.4 Å². The predicted molar refractivity (Wildman–Crippen MR) is 77.3 cm³/mol. The fourth-order valence-corrected chi connectivity index (χ4v) is 3.83. The second-order valence-corrected chi connectivity index (χ2v) is 6.31. The van der Waals surface area contributed by atoms with E-state index in [9.17, 15) is 14.7 Å². The van der Waals surface area contributed by atoms with E-state index in [1.165, 1.54) is 4.90 Å². The number of hydrogen-bond acceptors (Lipinski definition) is 5. The Morgan fingerprint density at radius 2 is 2.38 bits per heavy atom. The molecule has 2 atom stereocenters. The lowest BCUT2D eigenvalue weighted by molar-refractivity contribution is -0.151. The van der Waals surface area contributed by atoms with Gasteiger partial charge in [-0.25, -0.2) is 4.79 Å². The maximum atomic E-state index is 12.5. The number of carboxylic acids is 1. The van der Waals surface area contributed by atoms with Crippen LogP contribution in [0.25, 0.3) is 0 Å². The fourth-order valence-electron chi connectivity index (χ4n) is 2.93. The van der Waals surface area contributed by atoms with Gasteiger partial charge in [0.25, 0.3) is 0 Å². The minimum absolute atomic E-state index is 0.0235. The Bertz CT molecular complexity index is 539. The van der Waals surface area contributed by atoms with Gasteiger partial charge in [-0.05, 0) is 23.4 Å². The highest BCUT2D eigenvalue weighted by atomic mass is 32.1. The van der Waals surface area contributed by atoms with E-state index >= 15 is 0 Å². The van der Waals surface area contributed by atoms with Gasteiger partial charge in [-0.15, -0.1) is 11.3 Å². The average molecular weight is 310 g/mol. The number of amides is 1. The quantitative estimate of drug-likeness (QED) is 0.856. The maximum Gasteiger partial charge on any atom is 0.331 e. The third-order valence-corrected chi connectivity index (χ3v) is 4.94. The van der Waals surface area contributed by atoms with Crippen LogP contribution in [0.1, 0.15) is 22.9 Å². The molecule has 1 saturated heterocycles. The highest BCUT2D eigenvalue weighted by Crippen LogP contribution is 2.33. The largest absolute Gasteiger partial charge is 0.479 e. The molecule has 21 heavy (non-hydrogen) atoms. The minimum atomic E-state index is -0.962. The number of carboxylic acid groups (broad SMARTS) is 1. The zero-order valence-corrected chi connectivity index (χ0v) is 12.4. The van der Waals surface area contributed by atoms with Crippen LogP contribution in [-0.2, 0) is 20.7 Å². The van der Waals surface area contributed by atoms with Gasteiger partial charge in [0.05, 0.1) is 13.2 Å². The molecule has 0 saturated carbocycles. The summed E-state index contributed by atoms with van der Waals surface area (Å²) in [5.74, 6) is -1.09. The number of nitrogens with zero attached hydrogens (tertiary/aromatic N) is 1. The van der Waals surface area contributed by atoms with Gasteiger partial charge < -0.3 is 20.1 Å². The van der Waals surface area contributed by atoms with E-state index in [-0.39, 0.29) is 18.4 Å². The van der Waals surface area contributed by atoms with Gasteiger partial charge in [0.1, 0.15) is 0 Å². The first-order chi connectivity index (χ1) is 10.2. The van der Waals surface area contributed by atoms with Crippen molar-refractivity contribution in [1.29, 1.82) is 0 Å². The van der Waals surface area contributed by atoms with Gasteiger partial charge in [0.2, 0.25) is 5.91 Å². The van der Waals surface area contributed by atoms with Gasteiger partial charge in [-0.1, -0.05) is 0 Å². The molecule has 1 aromatic heterocycles. The maximum absolute atomic E-state index is 12.5. The molecular formula is C14H18N2O4S. The third-order valence-electron chi connectivity index (χ3n) is 3.94. The molecule has 3 heterocycles. The summed E-state index contributed by atoms with van der Waals surface area (Å²) in [7, 11) is 0. The molecule has 0 radical (unpaired) electrons. The Balaban J connectivity index is 1.74. The number of rotatable bonds is 3. The van der Waals surface area contributed by atoms with Crippen LogP contribution in [0.15, 0.2) is 11.4 Å².